The predicted octanol–water partition coefficient (Wildman–Crippen LogP) is 2.54. The number of halogens is 1. The van der Waals surface area contributed by atoms with Crippen molar-refractivity contribution in [1.82, 2.24) is 20.3 Å². The molecule has 0 fully saturated rings. The molecule has 1 heterocycles. The highest BCUT2D eigenvalue weighted by Gasteiger charge is 2.06. The van der Waals surface area contributed by atoms with Crippen LogP contribution in [0.5, 0.6) is 5.75 Å². The van der Waals surface area contributed by atoms with Crippen molar-refractivity contribution < 1.29 is 4.74 Å². The minimum atomic E-state index is 0.738. The van der Waals surface area contributed by atoms with E-state index >= 15 is 0 Å². The molecule has 2 rings (SSSR count). The van der Waals surface area contributed by atoms with Crippen molar-refractivity contribution in [2.45, 2.75) is 19.9 Å². The number of hydrogen-bond donors (Lipinski definition) is 1. The van der Waals surface area contributed by atoms with Gasteiger partial charge in [0.1, 0.15) is 5.75 Å². The summed E-state index contributed by atoms with van der Waals surface area (Å²) in [5, 5.41) is 11.6. The molecule has 0 unspecified atom stereocenters. The van der Waals surface area contributed by atoms with E-state index < -0.39 is 0 Å². The minimum Gasteiger partial charge on any atom is -0.495 e. The molecule has 0 aliphatic rings. The number of rotatable bonds is 6. The molecule has 1 aromatic heterocycles. The lowest BCUT2D eigenvalue weighted by Gasteiger charge is -2.05. The van der Waals surface area contributed by atoms with Gasteiger partial charge in [-0.25, -0.2) is 4.68 Å². The Hall–Kier alpha value is -1.40. The highest BCUT2D eigenvalue weighted by Crippen LogP contribution is 2.26. The first-order valence-corrected chi connectivity index (χ1v) is 6.99. The molecule has 5 nitrogen and oxygen atoms in total. The number of ether oxygens (including phenoxy) is 1. The van der Waals surface area contributed by atoms with Crippen molar-refractivity contribution in [3.05, 3.63) is 34.6 Å². The first-order chi connectivity index (χ1) is 9.24. The molecule has 0 spiro atoms. The number of benzene rings is 1. The fourth-order valence-electron chi connectivity index (χ4n) is 1.69. The second kappa shape index (κ2) is 6.68. The maximum atomic E-state index is 5.27. The molecule has 0 radical (unpaired) electrons. The molecule has 0 atom stereocenters. The summed E-state index contributed by atoms with van der Waals surface area (Å²) >= 11 is 3.43. The quantitative estimate of drug-likeness (QED) is 0.830. The lowest BCUT2D eigenvalue weighted by Crippen LogP contribution is -2.13. The van der Waals surface area contributed by atoms with Gasteiger partial charge in [-0.2, -0.15) is 0 Å². The summed E-state index contributed by atoms with van der Waals surface area (Å²) in [5.74, 6) is 0.777. The summed E-state index contributed by atoms with van der Waals surface area (Å²) in [6, 6.07) is 5.82. The van der Waals surface area contributed by atoms with Gasteiger partial charge in [0.2, 0.25) is 0 Å². The summed E-state index contributed by atoms with van der Waals surface area (Å²) in [5.41, 5.74) is 1.85. The van der Waals surface area contributed by atoms with Gasteiger partial charge in [-0.05, 0) is 41.0 Å². The predicted molar refractivity (Wildman–Crippen MR) is 77.6 cm³/mol. The topological polar surface area (TPSA) is 52.0 Å². The van der Waals surface area contributed by atoms with Gasteiger partial charge in [0.05, 0.1) is 29.2 Å². The maximum Gasteiger partial charge on any atom is 0.135 e. The highest BCUT2D eigenvalue weighted by molar-refractivity contribution is 9.10. The Morgan fingerprint density at radius 2 is 2.26 bits per heavy atom. The second-order valence-electron chi connectivity index (χ2n) is 4.15. The van der Waals surface area contributed by atoms with Crippen molar-refractivity contribution in [3.63, 3.8) is 0 Å². The third kappa shape index (κ3) is 3.54. The monoisotopic (exact) mass is 324 g/mol. The van der Waals surface area contributed by atoms with Crippen molar-refractivity contribution in [2.24, 2.45) is 0 Å². The van der Waals surface area contributed by atoms with Crippen LogP contribution in [0.1, 0.15) is 19.0 Å². The Balaban J connectivity index is 2.13. The second-order valence-corrected chi connectivity index (χ2v) is 5.00. The summed E-state index contributed by atoms with van der Waals surface area (Å²) in [4.78, 5) is 0. The normalized spacial score (nSPS) is 10.7. The molecule has 1 aromatic carbocycles. The number of methoxy groups -OCH3 is 1. The lowest BCUT2D eigenvalue weighted by molar-refractivity contribution is 0.412. The van der Waals surface area contributed by atoms with Crippen LogP contribution in [-0.4, -0.2) is 28.6 Å². The van der Waals surface area contributed by atoms with E-state index in [-0.39, 0.29) is 0 Å². The Morgan fingerprint density at radius 1 is 1.42 bits per heavy atom. The van der Waals surface area contributed by atoms with Gasteiger partial charge in [-0.1, -0.05) is 12.1 Å². The Kier molecular flexibility index (Phi) is 4.93. The van der Waals surface area contributed by atoms with Crippen LogP contribution in [0.4, 0.5) is 0 Å². The molecule has 0 saturated carbocycles. The molecular formula is C13H17BrN4O. The van der Waals surface area contributed by atoms with Crippen molar-refractivity contribution in [3.8, 4) is 11.4 Å². The number of nitrogens with one attached hydrogen (secondary N) is 1. The summed E-state index contributed by atoms with van der Waals surface area (Å²) in [6.45, 7) is 3.86. The molecule has 0 aliphatic heterocycles. The maximum absolute atomic E-state index is 5.27. The van der Waals surface area contributed by atoms with E-state index in [9.17, 15) is 0 Å². The van der Waals surface area contributed by atoms with Crippen molar-refractivity contribution in [1.29, 1.82) is 0 Å². The first kappa shape index (κ1) is 14.0. The molecule has 0 saturated heterocycles. The molecular weight excluding hydrogens is 308 g/mol. The SMILES string of the molecule is CCCNCc1cn(-c2ccc(Br)c(OC)c2)nn1. The number of nitrogens with zero attached hydrogens (tertiary/aromatic N) is 3. The standard InChI is InChI=1S/C13H17BrN4O/c1-3-6-15-8-10-9-18(17-16-10)11-4-5-12(14)13(7-11)19-2/h4-5,7,9,15H,3,6,8H2,1-2H3. The average Bonchev–Trinajstić information content (AvgIpc) is 2.88. The zero-order valence-electron chi connectivity index (χ0n) is 11.1. The fraction of sp³-hybridized carbons (Fsp3) is 0.385. The van der Waals surface area contributed by atoms with Gasteiger partial charge < -0.3 is 10.1 Å². The lowest BCUT2D eigenvalue weighted by atomic mass is 10.3. The molecule has 102 valence electrons. The Bertz CT molecular complexity index is 541. The van der Waals surface area contributed by atoms with Gasteiger partial charge in [-0.15, -0.1) is 5.10 Å². The molecule has 6 heteroatoms. The van der Waals surface area contributed by atoms with E-state index in [1.54, 1.807) is 11.8 Å². The van der Waals surface area contributed by atoms with Crippen molar-refractivity contribution >= 4 is 15.9 Å². The van der Waals surface area contributed by atoms with Gasteiger partial charge in [0.25, 0.3) is 0 Å². The third-order valence-electron chi connectivity index (χ3n) is 2.67. The molecule has 19 heavy (non-hydrogen) atoms. The van der Waals surface area contributed by atoms with E-state index in [1.165, 1.54) is 0 Å². The van der Waals surface area contributed by atoms with Crippen LogP contribution in [-0.2, 0) is 6.54 Å². The summed E-state index contributed by atoms with van der Waals surface area (Å²) in [7, 11) is 1.64. The summed E-state index contributed by atoms with van der Waals surface area (Å²) < 4.78 is 7.94. The van der Waals surface area contributed by atoms with Crippen LogP contribution in [0, 0.1) is 0 Å². The van der Waals surface area contributed by atoms with Gasteiger partial charge in [0, 0.05) is 12.6 Å². The molecule has 0 bridgehead atoms. The van der Waals surface area contributed by atoms with E-state index in [1.807, 2.05) is 24.4 Å². The van der Waals surface area contributed by atoms with Gasteiger partial charge in [-0.3, -0.25) is 0 Å². The van der Waals surface area contributed by atoms with E-state index in [4.69, 9.17) is 4.74 Å². The van der Waals surface area contributed by atoms with Crippen molar-refractivity contribution in [2.75, 3.05) is 13.7 Å². The van der Waals surface area contributed by atoms with Crippen LogP contribution in [0.15, 0.2) is 28.9 Å². The molecule has 1 N–H and O–H groups in total. The highest BCUT2D eigenvalue weighted by atomic mass is 79.9. The average molecular weight is 325 g/mol. The van der Waals surface area contributed by atoms with Gasteiger partial charge >= 0.3 is 0 Å². The van der Waals surface area contributed by atoms with E-state index in [0.29, 0.717) is 0 Å². The van der Waals surface area contributed by atoms with Crippen LogP contribution < -0.4 is 10.1 Å². The molecule has 0 aliphatic carbocycles. The van der Waals surface area contributed by atoms with Crippen LogP contribution in [0.25, 0.3) is 5.69 Å². The fourth-order valence-corrected chi connectivity index (χ4v) is 2.10. The van der Waals surface area contributed by atoms with Crippen LogP contribution in [0.2, 0.25) is 0 Å². The summed E-state index contributed by atoms with van der Waals surface area (Å²) in [6.07, 6.45) is 3.03. The van der Waals surface area contributed by atoms with Crippen LogP contribution in [0.3, 0.4) is 0 Å². The Morgan fingerprint density at radius 3 is 3.00 bits per heavy atom. The smallest absolute Gasteiger partial charge is 0.135 e. The zero-order chi connectivity index (χ0) is 13.7. The third-order valence-corrected chi connectivity index (χ3v) is 3.33. The number of aromatic nitrogens is 3. The zero-order valence-corrected chi connectivity index (χ0v) is 12.6. The first-order valence-electron chi connectivity index (χ1n) is 6.20. The molecule has 0 amide bonds. The Labute approximate surface area is 121 Å². The van der Waals surface area contributed by atoms with E-state index in [0.717, 1.165) is 41.1 Å². The van der Waals surface area contributed by atoms with E-state index in [2.05, 4.69) is 38.5 Å². The minimum absolute atomic E-state index is 0.738. The van der Waals surface area contributed by atoms with Crippen LogP contribution >= 0.6 is 15.9 Å². The molecule has 2 aromatic rings. The van der Waals surface area contributed by atoms with Gasteiger partial charge in [0.15, 0.2) is 0 Å². The number of hydrogen-bond acceptors (Lipinski definition) is 4. The largest absolute Gasteiger partial charge is 0.495 e.